The van der Waals surface area contributed by atoms with Gasteiger partial charge in [-0.05, 0) is 31.9 Å². The van der Waals surface area contributed by atoms with Gasteiger partial charge in [0, 0.05) is 6.61 Å². The second-order valence-corrected chi connectivity index (χ2v) is 5.76. The summed E-state index contributed by atoms with van der Waals surface area (Å²) in [6.45, 7) is 13.0. The summed E-state index contributed by atoms with van der Waals surface area (Å²) < 4.78 is 11.8. The maximum absolute atomic E-state index is 6.30. The number of hydrogen-bond acceptors (Lipinski definition) is 3. The Morgan fingerprint density at radius 3 is 2.24 bits per heavy atom. The number of likely N-dealkylation sites (N-methyl/N-ethyl adjacent to an activating group) is 1. The van der Waals surface area contributed by atoms with Gasteiger partial charge in [0.15, 0.2) is 0 Å². The molecule has 120 valence electrons. The Balaban J connectivity index is 2.83. The maximum atomic E-state index is 6.30. The van der Waals surface area contributed by atoms with Crippen molar-refractivity contribution in [3.8, 4) is 0 Å². The van der Waals surface area contributed by atoms with E-state index in [1.807, 2.05) is 6.92 Å². The molecule has 3 nitrogen and oxygen atoms in total. The second kappa shape index (κ2) is 9.93. The van der Waals surface area contributed by atoms with Gasteiger partial charge < -0.3 is 14.8 Å². The van der Waals surface area contributed by atoms with Gasteiger partial charge in [-0.2, -0.15) is 0 Å². The van der Waals surface area contributed by atoms with Crippen LogP contribution in [0.2, 0.25) is 0 Å². The quantitative estimate of drug-likeness (QED) is 0.711. The molecule has 0 saturated carbocycles. The first kappa shape index (κ1) is 18.1. The summed E-state index contributed by atoms with van der Waals surface area (Å²) in [6, 6.07) is 10.8. The predicted octanol–water partition coefficient (Wildman–Crippen LogP) is 3.80. The van der Waals surface area contributed by atoms with E-state index in [9.17, 15) is 0 Å². The van der Waals surface area contributed by atoms with Crippen LogP contribution in [0.5, 0.6) is 0 Å². The number of rotatable bonds is 10. The first-order valence-electron chi connectivity index (χ1n) is 8.11. The van der Waals surface area contributed by atoms with E-state index in [1.54, 1.807) is 0 Å². The lowest BCUT2D eigenvalue weighted by Gasteiger charge is -2.33. The molecule has 0 bridgehead atoms. The zero-order valence-electron chi connectivity index (χ0n) is 14.1. The summed E-state index contributed by atoms with van der Waals surface area (Å²) in [5, 5.41) is 3.58. The molecule has 1 rings (SSSR count). The van der Waals surface area contributed by atoms with Gasteiger partial charge in [-0.15, -0.1) is 0 Å². The smallest absolute Gasteiger partial charge is 0.0797 e. The minimum absolute atomic E-state index is 0.0993. The molecule has 0 spiro atoms. The molecule has 0 aliphatic heterocycles. The van der Waals surface area contributed by atoms with E-state index in [1.165, 1.54) is 5.56 Å². The van der Waals surface area contributed by atoms with Crippen LogP contribution in [-0.4, -0.2) is 32.0 Å². The van der Waals surface area contributed by atoms with E-state index in [2.05, 4.69) is 63.3 Å². The molecule has 0 amide bonds. The highest BCUT2D eigenvalue weighted by Crippen LogP contribution is 2.26. The minimum Gasteiger partial charge on any atom is -0.379 e. The lowest BCUT2D eigenvalue weighted by atomic mass is 9.93. The van der Waals surface area contributed by atoms with E-state index in [0.29, 0.717) is 12.5 Å². The van der Waals surface area contributed by atoms with E-state index in [4.69, 9.17) is 9.47 Å². The van der Waals surface area contributed by atoms with Crippen LogP contribution in [0.3, 0.4) is 0 Å². The van der Waals surface area contributed by atoms with Gasteiger partial charge in [0.1, 0.15) is 0 Å². The highest BCUT2D eigenvalue weighted by molar-refractivity contribution is 5.20. The molecule has 3 heteroatoms. The van der Waals surface area contributed by atoms with Crippen molar-refractivity contribution in [3.63, 3.8) is 0 Å². The lowest BCUT2D eigenvalue weighted by Crippen LogP contribution is -2.40. The molecule has 0 saturated heterocycles. The van der Waals surface area contributed by atoms with Crippen LogP contribution in [0, 0.1) is 5.92 Å². The van der Waals surface area contributed by atoms with Crippen LogP contribution in [0.4, 0.5) is 0 Å². The Hall–Kier alpha value is -0.900. The Kier molecular flexibility index (Phi) is 8.58. The average molecular weight is 293 g/mol. The molecule has 0 aromatic heterocycles. The van der Waals surface area contributed by atoms with Crippen LogP contribution >= 0.6 is 0 Å². The molecule has 0 aliphatic carbocycles. The molecule has 0 radical (unpaired) electrons. The third kappa shape index (κ3) is 6.16. The Bertz CT molecular complexity index is 367. The molecule has 0 fully saturated rings. The molecule has 3 unspecified atom stereocenters. The molecule has 1 aromatic carbocycles. The fourth-order valence-electron chi connectivity index (χ4n) is 2.52. The Morgan fingerprint density at radius 2 is 1.71 bits per heavy atom. The van der Waals surface area contributed by atoms with Gasteiger partial charge in [-0.1, -0.05) is 51.1 Å². The SMILES string of the molecule is CCNC(c1ccccc1)C(OC(C)COCC)C(C)C. The largest absolute Gasteiger partial charge is 0.379 e. The monoisotopic (exact) mass is 293 g/mol. The molecular formula is C18H31NO2. The van der Waals surface area contributed by atoms with Crippen LogP contribution in [0.25, 0.3) is 0 Å². The first-order chi connectivity index (χ1) is 10.1. The molecule has 1 N–H and O–H groups in total. The number of benzene rings is 1. The zero-order valence-corrected chi connectivity index (χ0v) is 14.1. The summed E-state index contributed by atoms with van der Waals surface area (Å²) in [4.78, 5) is 0. The van der Waals surface area contributed by atoms with Crippen LogP contribution < -0.4 is 5.32 Å². The number of ether oxygens (including phenoxy) is 2. The van der Waals surface area contributed by atoms with Crippen molar-refractivity contribution in [2.24, 2.45) is 5.92 Å². The highest BCUT2D eigenvalue weighted by atomic mass is 16.5. The van der Waals surface area contributed by atoms with Crippen molar-refractivity contribution >= 4 is 0 Å². The van der Waals surface area contributed by atoms with Crippen LogP contribution in [0.1, 0.15) is 46.2 Å². The van der Waals surface area contributed by atoms with Crippen molar-refractivity contribution < 1.29 is 9.47 Å². The van der Waals surface area contributed by atoms with Gasteiger partial charge in [0.05, 0.1) is 24.9 Å². The third-order valence-corrected chi connectivity index (χ3v) is 3.51. The number of nitrogens with one attached hydrogen (secondary N) is 1. The van der Waals surface area contributed by atoms with Gasteiger partial charge in [0.2, 0.25) is 0 Å². The summed E-state index contributed by atoms with van der Waals surface area (Å²) in [5.74, 6) is 0.429. The topological polar surface area (TPSA) is 30.5 Å². The third-order valence-electron chi connectivity index (χ3n) is 3.51. The van der Waals surface area contributed by atoms with Crippen molar-refractivity contribution in [1.82, 2.24) is 5.32 Å². The minimum atomic E-state index is 0.0993. The molecule has 0 heterocycles. The van der Waals surface area contributed by atoms with Gasteiger partial charge in [0.25, 0.3) is 0 Å². The van der Waals surface area contributed by atoms with Crippen molar-refractivity contribution in [1.29, 1.82) is 0 Å². The summed E-state index contributed by atoms with van der Waals surface area (Å²) in [6.07, 6.45) is 0.227. The molecular weight excluding hydrogens is 262 g/mol. The van der Waals surface area contributed by atoms with Crippen molar-refractivity contribution in [3.05, 3.63) is 35.9 Å². The maximum Gasteiger partial charge on any atom is 0.0797 e. The summed E-state index contributed by atoms with van der Waals surface area (Å²) >= 11 is 0. The van der Waals surface area contributed by atoms with Gasteiger partial charge in [-0.3, -0.25) is 0 Å². The van der Waals surface area contributed by atoms with Crippen molar-refractivity contribution in [2.45, 2.75) is 52.9 Å². The summed E-state index contributed by atoms with van der Waals surface area (Å²) in [7, 11) is 0. The lowest BCUT2D eigenvalue weighted by molar-refractivity contribution is -0.0779. The first-order valence-corrected chi connectivity index (χ1v) is 8.11. The van der Waals surface area contributed by atoms with Gasteiger partial charge in [-0.25, -0.2) is 0 Å². The van der Waals surface area contributed by atoms with Gasteiger partial charge >= 0.3 is 0 Å². The van der Waals surface area contributed by atoms with Crippen LogP contribution in [0.15, 0.2) is 30.3 Å². The van der Waals surface area contributed by atoms with Crippen LogP contribution in [-0.2, 0) is 9.47 Å². The predicted molar refractivity (Wildman–Crippen MR) is 88.5 cm³/mol. The van der Waals surface area contributed by atoms with E-state index in [0.717, 1.165) is 13.2 Å². The molecule has 21 heavy (non-hydrogen) atoms. The van der Waals surface area contributed by atoms with E-state index < -0.39 is 0 Å². The standard InChI is InChI=1S/C18H31NO2/c1-6-19-17(16-11-9-8-10-12-16)18(14(3)4)21-15(5)13-20-7-2/h8-12,14-15,17-19H,6-7,13H2,1-5H3. The van der Waals surface area contributed by atoms with E-state index in [-0.39, 0.29) is 18.2 Å². The van der Waals surface area contributed by atoms with E-state index >= 15 is 0 Å². The normalized spacial score (nSPS) is 15.9. The highest BCUT2D eigenvalue weighted by Gasteiger charge is 2.27. The Labute approximate surface area is 130 Å². The zero-order chi connectivity index (χ0) is 15.7. The number of hydrogen-bond donors (Lipinski definition) is 1. The van der Waals surface area contributed by atoms with Crippen molar-refractivity contribution in [2.75, 3.05) is 19.8 Å². The average Bonchev–Trinajstić information content (AvgIpc) is 2.49. The summed E-state index contributed by atoms with van der Waals surface area (Å²) in [5.41, 5.74) is 1.28. The molecule has 3 atom stereocenters. The Morgan fingerprint density at radius 1 is 1.05 bits per heavy atom. The fourth-order valence-corrected chi connectivity index (χ4v) is 2.52. The fraction of sp³-hybridized carbons (Fsp3) is 0.667. The molecule has 1 aromatic rings. The second-order valence-electron chi connectivity index (χ2n) is 5.76. The molecule has 0 aliphatic rings.